The molecule has 21 heavy (non-hydrogen) atoms. The Bertz CT molecular complexity index is 574. The number of sulfone groups is 1. The molecule has 2 heterocycles. The minimum Gasteiger partial charge on any atom is -0.377 e. The van der Waals surface area contributed by atoms with Crippen molar-refractivity contribution in [3.63, 3.8) is 0 Å². The van der Waals surface area contributed by atoms with Crippen molar-refractivity contribution in [2.75, 3.05) is 31.4 Å². The van der Waals surface area contributed by atoms with Gasteiger partial charge >= 0.3 is 0 Å². The van der Waals surface area contributed by atoms with E-state index in [-0.39, 0.29) is 23.1 Å². The van der Waals surface area contributed by atoms with Gasteiger partial charge in [-0.05, 0) is 33.1 Å². The van der Waals surface area contributed by atoms with Gasteiger partial charge in [0.05, 0.1) is 11.9 Å². The Balaban J connectivity index is 2.31. The lowest BCUT2D eigenvalue weighted by molar-refractivity contribution is 0.0304. The summed E-state index contributed by atoms with van der Waals surface area (Å²) in [5, 5.41) is 7.98. The monoisotopic (exact) mass is 316 g/mol. The molecule has 1 aliphatic rings. The van der Waals surface area contributed by atoms with Gasteiger partial charge in [-0.2, -0.15) is 0 Å². The summed E-state index contributed by atoms with van der Waals surface area (Å²) in [6.07, 6.45) is 2.57. The molecule has 1 fully saturated rings. The SMILES string of the molecule is CC(C)n1c(N(C)C)nnc1S(=O)(=O)CC1CCCCO1. The highest BCUT2D eigenvalue weighted by atomic mass is 32.2. The first kappa shape index (κ1) is 16.2. The summed E-state index contributed by atoms with van der Waals surface area (Å²) in [5.74, 6) is 0.527. The van der Waals surface area contributed by atoms with E-state index in [2.05, 4.69) is 10.2 Å². The summed E-state index contributed by atoms with van der Waals surface area (Å²) in [5.41, 5.74) is 0. The minimum absolute atomic E-state index is 0.0225. The second kappa shape index (κ2) is 6.31. The van der Waals surface area contributed by atoms with Crippen molar-refractivity contribution in [2.45, 2.75) is 50.4 Å². The maximum absolute atomic E-state index is 12.6. The number of nitrogens with zero attached hydrogens (tertiary/aromatic N) is 4. The first-order chi connectivity index (χ1) is 9.83. The van der Waals surface area contributed by atoms with Crippen LogP contribution >= 0.6 is 0 Å². The number of anilines is 1. The van der Waals surface area contributed by atoms with Gasteiger partial charge in [0, 0.05) is 26.7 Å². The molecule has 0 N–H and O–H groups in total. The quantitative estimate of drug-likeness (QED) is 0.814. The average molecular weight is 316 g/mol. The molecule has 1 aromatic heterocycles. The zero-order chi connectivity index (χ0) is 15.6. The van der Waals surface area contributed by atoms with E-state index < -0.39 is 9.84 Å². The molecule has 2 rings (SSSR count). The standard InChI is InChI=1S/C13H24N4O3S/c1-10(2)17-12(16(3)4)14-15-13(17)21(18,19)9-11-7-5-6-8-20-11/h10-11H,5-9H2,1-4H3. The molecule has 0 amide bonds. The van der Waals surface area contributed by atoms with E-state index in [1.54, 1.807) is 9.47 Å². The Morgan fingerprint density at radius 2 is 2.05 bits per heavy atom. The predicted octanol–water partition coefficient (Wildman–Crippen LogP) is 1.27. The first-order valence-corrected chi connectivity index (χ1v) is 8.94. The smallest absolute Gasteiger partial charge is 0.251 e. The summed E-state index contributed by atoms with van der Waals surface area (Å²) < 4.78 is 32.5. The normalized spacial score (nSPS) is 20.0. The second-order valence-electron chi connectivity index (χ2n) is 5.91. The fourth-order valence-corrected chi connectivity index (χ4v) is 4.16. The Morgan fingerprint density at radius 1 is 1.33 bits per heavy atom. The minimum atomic E-state index is -3.51. The van der Waals surface area contributed by atoms with E-state index in [1.165, 1.54) is 0 Å². The highest BCUT2D eigenvalue weighted by Gasteiger charge is 2.30. The first-order valence-electron chi connectivity index (χ1n) is 7.29. The third kappa shape index (κ3) is 3.55. The molecule has 0 saturated carbocycles. The molecule has 1 unspecified atom stereocenters. The molecular weight excluding hydrogens is 292 g/mol. The number of aromatic nitrogens is 3. The summed E-state index contributed by atoms with van der Waals surface area (Å²) in [6.45, 7) is 4.49. The van der Waals surface area contributed by atoms with Gasteiger partial charge in [0.2, 0.25) is 15.8 Å². The molecule has 120 valence electrons. The van der Waals surface area contributed by atoms with Crippen LogP contribution in [0.1, 0.15) is 39.2 Å². The van der Waals surface area contributed by atoms with E-state index in [0.717, 1.165) is 19.3 Å². The fourth-order valence-electron chi connectivity index (χ4n) is 2.50. The van der Waals surface area contributed by atoms with Crippen LogP contribution in [0.15, 0.2) is 5.16 Å². The molecule has 8 heteroatoms. The topological polar surface area (TPSA) is 77.3 Å². The van der Waals surface area contributed by atoms with Crippen molar-refractivity contribution in [3.8, 4) is 0 Å². The molecule has 1 atom stereocenters. The third-order valence-electron chi connectivity index (χ3n) is 3.52. The van der Waals surface area contributed by atoms with E-state index in [4.69, 9.17) is 4.74 Å². The molecule has 0 bridgehead atoms. The Morgan fingerprint density at radius 3 is 2.57 bits per heavy atom. The van der Waals surface area contributed by atoms with Crippen molar-refractivity contribution in [2.24, 2.45) is 0 Å². The Hall–Kier alpha value is -1.15. The van der Waals surface area contributed by atoms with Gasteiger partial charge in [0.1, 0.15) is 0 Å². The van der Waals surface area contributed by atoms with Crippen LogP contribution in [0.5, 0.6) is 0 Å². The lowest BCUT2D eigenvalue weighted by Gasteiger charge is -2.23. The number of rotatable bonds is 5. The molecule has 0 aromatic carbocycles. The van der Waals surface area contributed by atoms with Crippen molar-refractivity contribution in [1.29, 1.82) is 0 Å². The van der Waals surface area contributed by atoms with Crippen LogP contribution in [0.4, 0.5) is 5.95 Å². The van der Waals surface area contributed by atoms with Crippen molar-refractivity contribution in [1.82, 2.24) is 14.8 Å². The van der Waals surface area contributed by atoms with Crippen LogP contribution in [0, 0.1) is 0 Å². The van der Waals surface area contributed by atoms with Crippen LogP contribution in [0.3, 0.4) is 0 Å². The lowest BCUT2D eigenvalue weighted by atomic mass is 10.1. The predicted molar refractivity (Wildman–Crippen MR) is 80.4 cm³/mol. The van der Waals surface area contributed by atoms with Gasteiger partial charge in [-0.25, -0.2) is 8.42 Å². The van der Waals surface area contributed by atoms with Crippen molar-refractivity contribution >= 4 is 15.8 Å². The summed E-state index contributed by atoms with van der Waals surface area (Å²) >= 11 is 0. The third-order valence-corrected chi connectivity index (χ3v) is 5.17. The molecule has 1 saturated heterocycles. The Kier molecular flexibility index (Phi) is 4.88. The molecular formula is C13H24N4O3S. The average Bonchev–Trinajstić information content (AvgIpc) is 2.85. The Labute approximate surface area is 126 Å². The maximum Gasteiger partial charge on any atom is 0.251 e. The highest BCUT2D eigenvalue weighted by molar-refractivity contribution is 7.91. The van der Waals surface area contributed by atoms with Gasteiger partial charge in [-0.3, -0.25) is 4.57 Å². The van der Waals surface area contributed by atoms with Crippen LogP contribution in [0.2, 0.25) is 0 Å². The van der Waals surface area contributed by atoms with E-state index in [9.17, 15) is 8.42 Å². The highest BCUT2D eigenvalue weighted by Crippen LogP contribution is 2.24. The van der Waals surface area contributed by atoms with Gasteiger partial charge in [0.15, 0.2) is 0 Å². The van der Waals surface area contributed by atoms with Gasteiger partial charge < -0.3 is 9.64 Å². The van der Waals surface area contributed by atoms with Gasteiger partial charge in [-0.1, -0.05) is 0 Å². The van der Waals surface area contributed by atoms with Crippen molar-refractivity contribution < 1.29 is 13.2 Å². The van der Waals surface area contributed by atoms with E-state index in [0.29, 0.717) is 12.6 Å². The molecule has 1 aromatic rings. The molecule has 0 aliphatic carbocycles. The zero-order valence-electron chi connectivity index (χ0n) is 13.1. The van der Waals surface area contributed by atoms with Crippen LogP contribution in [0.25, 0.3) is 0 Å². The van der Waals surface area contributed by atoms with E-state index >= 15 is 0 Å². The maximum atomic E-state index is 12.6. The van der Waals surface area contributed by atoms with Crippen LogP contribution in [-0.4, -0.2) is 55.7 Å². The molecule has 0 spiro atoms. The van der Waals surface area contributed by atoms with Gasteiger partial charge in [-0.15, -0.1) is 10.2 Å². The summed E-state index contributed by atoms with van der Waals surface area (Å²) in [4.78, 5) is 1.77. The molecule has 1 aliphatic heterocycles. The summed E-state index contributed by atoms with van der Waals surface area (Å²) in [7, 11) is 0.135. The molecule has 7 nitrogen and oxygen atoms in total. The molecule has 0 radical (unpaired) electrons. The second-order valence-corrected chi connectivity index (χ2v) is 7.84. The zero-order valence-corrected chi connectivity index (χ0v) is 13.9. The van der Waals surface area contributed by atoms with E-state index in [1.807, 2.05) is 27.9 Å². The number of hydrogen-bond acceptors (Lipinski definition) is 6. The van der Waals surface area contributed by atoms with Crippen LogP contribution in [-0.2, 0) is 14.6 Å². The van der Waals surface area contributed by atoms with Crippen LogP contribution < -0.4 is 4.90 Å². The number of ether oxygens (including phenoxy) is 1. The number of hydrogen-bond donors (Lipinski definition) is 0. The fraction of sp³-hybridized carbons (Fsp3) is 0.846. The largest absolute Gasteiger partial charge is 0.377 e. The summed E-state index contributed by atoms with van der Waals surface area (Å²) in [6, 6.07) is -0.0329. The van der Waals surface area contributed by atoms with Gasteiger partial charge in [0.25, 0.3) is 5.16 Å². The van der Waals surface area contributed by atoms with Crippen molar-refractivity contribution in [3.05, 3.63) is 0 Å². The lowest BCUT2D eigenvalue weighted by Crippen LogP contribution is -2.29.